The summed E-state index contributed by atoms with van der Waals surface area (Å²) in [6.45, 7) is 7.09. The van der Waals surface area contributed by atoms with E-state index in [2.05, 4.69) is 23.7 Å². The molecule has 1 fully saturated rings. The van der Waals surface area contributed by atoms with Crippen molar-refractivity contribution in [2.75, 3.05) is 13.7 Å². The minimum atomic E-state index is 0.676. The second-order valence-corrected chi connectivity index (χ2v) is 5.34. The predicted molar refractivity (Wildman–Crippen MR) is 74.9 cm³/mol. The van der Waals surface area contributed by atoms with Crippen molar-refractivity contribution >= 4 is 5.84 Å². The van der Waals surface area contributed by atoms with E-state index in [0.717, 1.165) is 11.5 Å². The Balaban J connectivity index is 0.000000181. The minimum Gasteiger partial charge on any atom is -0.384 e. The lowest BCUT2D eigenvalue weighted by atomic mass is 9.91. The van der Waals surface area contributed by atoms with E-state index in [1.807, 2.05) is 14.0 Å². The molecule has 0 amide bonds. The Hall–Kier alpha value is -0.990. The Morgan fingerprint density at radius 1 is 1.18 bits per heavy atom. The zero-order valence-electron chi connectivity index (χ0n) is 11.8. The van der Waals surface area contributed by atoms with Crippen LogP contribution in [0.15, 0.2) is 16.3 Å². The quantitative estimate of drug-likeness (QED) is 0.703. The van der Waals surface area contributed by atoms with Crippen LogP contribution < -0.4 is 5.73 Å². The highest BCUT2D eigenvalue weighted by atomic mass is 15.2. The first-order valence-corrected chi connectivity index (χ1v) is 6.71. The van der Waals surface area contributed by atoms with Gasteiger partial charge in [0.1, 0.15) is 12.5 Å². The first-order valence-electron chi connectivity index (χ1n) is 6.71. The number of hydrogen-bond donors (Lipinski definition) is 1. The molecule has 0 saturated heterocycles. The molecule has 1 aliphatic carbocycles. The predicted octanol–water partition coefficient (Wildman–Crippen LogP) is 3.13. The highest BCUT2D eigenvalue weighted by molar-refractivity contribution is 5.97. The van der Waals surface area contributed by atoms with Crippen molar-refractivity contribution in [3.63, 3.8) is 0 Å². The number of hydrogen-bond acceptors (Lipinski definition) is 3. The normalized spacial score (nSPS) is 21.9. The Labute approximate surface area is 106 Å². The molecular formula is C14H27N3. The zero-order valence-corrected chi connectivity index (χ0v) is 11.8. The van der Waals surface area contributed by atoms with Crippen LogP contribution in [0.2, 0.25) is 0 Å². The monoisotopic (exact) mass is 237 g/mol. The second-order valence-electron chi connectivity index (χ2n) is 5.34. The van der Waals surface area contributed by atoms with E-state index >= 15 is 0 Å². The van der Waals surface area contributed by atoms with E-state index < -0.39 is 0 Å². The third-order valence-corrected chi connectivity index (χ3v) is 3.85. The average Bonchev–Trinajstić information content (AvgIpc) is 2.33. The van der Waals surface area contributed by atoms with Gasteiger partial charge in [-0.1, -0.05) is 39.0 Å². The van der Waals surface area contributed by atoms with Gasteiger partial charge in [-0.05, 0) is 19.8 Å². The minimum absolute atomic E-state index is 0.676. The maximum Gasteiger partial charge on any atom is 0.125 e. The summed E-state index contributed by atoms with van der Waals surface area (Å²) in [4.78, 5) is 6.18. The van der Waals surface area contributed by atoms with Gasteiger partial charge in [0, 0.05) is 18.3 Å². The molecule has 0 atom stereocenters. The molecule has 2 aliphatic rings. The van der Waals surface area contributed by atoms with Crippen molar-refractivity contribution in [3.05, 3.63) is 11.3 Å². The van der Waals surface area contributed by atoms with Crippen LogP contribution in [-0.4, -0.2) is 24.5 Å². The van der Waals surface area contributed by atoms with Crippen molar-refractivity contribution < 1.29 is 0 Å². The summed E-state index contributed by atoms with van der Waals surface area (Å²) in [7, 11) is 2.01. The van der Waals surface area contributed by atoms with E-state index in [1.54, 1.807) is 0 Å². The van der Waals surface area contributed by atoms with E-state index in [-0.39, 0.29) is 0 Å². The highest BCUT2D eigenvalue weighted by Gasteiger charge is 2.10. The third kappa shape index (κ3) is 4.41. The molecule has 2 N–H and O–H groups in total. The van der Waals surface area contributed by atoms with Crippen LogP contribution in [-0.2, 0) is 0 Å². The summed E-state index contributed by atoms with van der Waals surface area (Å²) in [5, 5.41) is 0. The molecule has 3 nitrogen and oxygen atoms in total. The molecule has 0 aromatic heterocycles. The lowest BCUT2D eigenvalue weighted by molar-refractivity contribution is 0.385. The lowest BCUT2D eigenvalue weighted by Gasteiger charge is -2.24. The maximum atomic E-state index is 5.60. The van der Waals surface area contributed by atoms with E-state index in [1.165, 1.54) is 37.8 Å². The number of amidine groups is 1. The summed E-state index contributed by atoms with van der Waals surface area (Å²) in [6.07, 6.45) is 7.44. The van der Waals surface area contributed by atoms with Gasteiger partial charge in [-0.3, -0.25) is 0 Å². The van der Waals surface area contributed by atoms with Gasteiger partial charge in [0.25, 0.3) is 0 Å². The van der Waals surface area contributed by atoms with Crippen LogP contribution in [0.1, 0.15) is 52.9 Å². The van der Waals surface area contributed by atoms with Crippen LogP contribution in [0.25, 0.3) is 0 Å². The van der Waals surface area contributed by atoms with Gasteiger partial charge in [-0.25, -0.2) is 4.99 Å². The molecule has 0 aromatic carbocycles. The number of allylic oxidation sites excluding steroid dienone is 1. The van der Waals surface area contributed by atoms with Crippen LogP contribution in [0.4, 0.5) is 0 Å². The van der Waals surface area contributed by atoms with Crippen LogP contribution >= 0.6 is 0 Å². The molecule has 1 saturated carbocycles. The third-order valence-electron chi connectivity index (χ3n) is 3.85. The first-order chi connectivity index (χ1) is 8.02. The van der Waals surface area contributed by atoms with Crippen molar-refractivity contribution in [3.8, 4) is 0 Å². The fourth-order valence-corrected chi connectivity index (χ4v) is 2.19. The standard InChI is InChI=1S/C7H13N3.C7H14/c1-5-6(2)10(3)4-9-7(5)8;1-7-5-3-2-4-6-7/h4H2,1-3H3,(H2,8,9);7H,2-6H2,1H3. The van der Waals surface area contributed by atoms with Gasteiger partial charge in [0.15, 0.2) is 0 Å². The van der Waals surface area contributed by atoms with Gasteiger partial charge >= 0.3 is 0 Å². The van der Waals surface area contributed by atoms with Crippen molar-refractivity contribution in [1.82, 2.24) is 4.90 Å². The number of nitrogens with two attached hydrogens (primary N) is 1. The molecule has 0 aromatic rings. The van der Waals surface area contributed by atoms with Crippen molar-refractivity contribution in [1.29, 1.82) is 0 Å². The topological polar surface area (TPSA) is 41.6 Å². The molecule has 1 aliphatic heterocycles. The van der Waals surface area contributed by atoms with Gasteiger partial charge in [-0.2, -0.15) is 0 Å². The molecule has 1 heterocycles. The fraction of sp³-hybridized carbons (Fsp3) is 0.786. The first kappa shape index (κ1) is 14.1. The van der Waals surface area contributed by atoms with E-state index in [0.29, 0.717) is 12.5 Å². The van der Waals surface area contributed by atoms with Crippen LogP contribution in [0, 0.1) is 5.92 Å². The van der Waals surface area contributed by atoms with Gasteiger partial charge < -0.3 is 10.6 Å². The van der Waals surface area contributed by atoms with Crippen molar-refractivity contribution in [2.45, 2.75) is 52.9 Å². The summed E-state index contributed by atoms with van der Waals surface area (Å²) >= 11 is 0. The molecule has 0 bridgehead atoms. The van der Waals surface area contributed by atoms with Crippen LogP contribution in [0.5, 0.6) is 0 Å². The Morgan fingerprint density at radius 2 is 1.76 bits per heavy atom. The highest BCUT2D eigenvalue weighted by Crippen LogP contribution is 2.22. The Morgan fingerprint density at radius 3 is 2.18 bits per heavy atom. The maximum absolute atomic E-state index is 5.60. The molecule has 0 unspecified atom stereocenters. The smallest absolute Gasteiger partial charge is 0.125 e. The zero-order chi connectivity index (χ0) is 12.8. The SMILES string of the molecule is CC1=C(C)N(C)CN=C1N.CC1CCCCC1. The van der Waals surface area contributed by atoms with Gasteiger partial charge in [0.05, 0.1) is 0 Å². The fourth-order valence-electron chi connectivity index (χ4n) is 2.19. The van der Waals surface area contributed by atoms with E-state index in [4.69, 9.17) is 5.73 Å². The molecule has 98 valence electrons. The molecule has 0 radical (unpaired) electrons. The summed E-state index contributed by atoms with van der Waals surface area (Å²) in [6, 6.07) is 0. The molecular weight excluding hydrogens is 210 g/mol. The largest absolute Gasteiger partial charge is 0.384 e. The number of aliphatic imine (C=N–C) groups is 1. The number of rotatable bonds is 0. The molecule has 2 rings (SSSR count). The Bertz CT molecular complexity index is 299. The average molecular weight is 237 g/mol. The van der Waals surface area contributed by atoms with Gasteiger partial charge in [-0.15, -0.1) is 0 Å². The molecule has 0 spiro atoms. The summed E-state index contributed by atoms with van der Waals surface area (Å²) in [5.74, 6) is 1.71. The second kappa shape index (κ2) is 6.67. The summed E-state index contributed by atoms with van der Waals surface area (Å²) < 4.78 is 0. The van der Waals surface area contributed by atoms with Crippen molar-refractivity contribution in [2.24, 2.45) is 16.6 Å². The lowest BCUT2D eigenvalue weighted by Crippen LogP contribution is -2.28. The molecule has 3 heteroatoms. The molecule has 17 heavy (non-hydrogen) atoms. The summed E-state index contributed by atoms with van der Waals surface area (Å²) in [5.41, 5.74) is 7.90. The van der Waals surface area contributed by atoms with Gasteiger partial charge in [0.2, 0.25) is 0 Å². The Kier molecular flexibility index (Phi) is 5.52. The number of nitrogens with zero attached hydrogens (tertiary/aromatic N) is 2. The van der Waals surface area contributed by atoms with Crippen LogP contribution in [0.3, 0.4) is 0 Å². The van der Waals surface area contributed by atoms with E-state index in [9.17, 15) is 0 Å².